The van der Waals surface area contributed by atoms with E-state index in [1.165, 1.54) is 10.5 Å². The summed E-state index contributed by atoms with van der Waals surface area (Å²) in [5.41, 5.74) is 1.38. The van der Waals surface area contributed by atoms with Crippen LogP contribution in [0.5, 0.6) is 0 Å². The van der Waals surface area contributed by atoms with Crippen LogP contribution in [0, 0.1) is 0 Å². The molecule has 1 unspecified atom stereocenters. The Morgan fingerprint density at radius 3 is 2.22 bits per heavy atom. The van der Waals surface area contributed by atoms with Gasteiger partial charge in [0.05, 0.1) is 0 Å². The van der Waals surface area contributed by atoms with Gasteiger partial charge in [0.25, 0.3) is 0 Å². The molecule has 0 radical (unpaired) electrons. The van der Waals surface area contributed by atoms with Gasteiger partial charge >= 0.3 is 0 Å². The standard InChI is InChI=1S/C15H26N2S/c1-6-16-11-15(17(4)5)13-7-9-14(10-8-13)18-12(2)3/h7-10,12,15-16H,6,11H2,1-5H3. The molecule has 2 nitrogen and oxygen atoms in total. The van der Waals surface area contributed by atoms with Gasteiger partial charge in [-0.2, -0.15) is 0 Å². The van der Waals surface area contributed by atoms with Crippen molar-refractivity contribution in [2.24, 2.45) is 0 Å². The molecule has 0 aromatic heterocycles. The van der Waals surface area contributed by atoms with Crippen LogP contribution in [0.15, 0.2) is 29.2 Å². The first-order valence-corrected chi connectivity index (χ1v) is 7.56. The number of nitrogens with zero attached hydrogens (tertiary/aromatic N) is 1. The molecule has 3 heteroatoms. The molecule has 18 heavy (non-hydrogen) atoms. The smallest absolute Gasteiger partial charge is 0.0466 e. The summed E-state index contributed by atoms with van der Waals surface area (Å²) in [6.07, 6.45) is 0. The minimum absolute atomic E-state index is 0.447. The van der Waals surface area contributed by atoms with Gasteiger partial charge in [-0.1, -0.05) is 32.9 Å². The van der Waals surface area contributed by atoms with Crippen LogP contribution < -0.4 is 5.32 Å². The molecule has 0 aliphatic heterocycles. The fraction of sp³-hybridized carbons (Fsp3) is 0.600. The van der Waals surface area contributed by atoms with Crippen molar-refractivity contribution in [1.82, 2.24) is 10.2 Å². The maximum Gasteiger partial charge on any atom is 0.0466 e. The van der Waals surface area contributed by atoms with E-state index in [-0.39, 0.29) is 0 Å². The van der Waals surface area contributed by atoms with Crippen LogP contribution in [0.3, 0.4) is 0 Å². The summed E-state index contributed by atoms with van der Waals surface area (Å²) in [4.78, 5) is 3.63. The fourth-order valence-electron chi connectivity index (χ4n) is 1.92. The van der Waals surface area contributed by atoms with E-state index >= 15 is 0 Å². The predicted octanol–water partition coefficient (Wildman–Crippen LogP) is 3.40. The lowest BCUT2D eigenvalue weighted by Gasteiger charge is -2.25. The number of rotatable bonds is 7. The zero-order valence-corrected chi connectivity index (χ0v) is 13.1. The van der Waals surface area contributed by atoms with Gasteiger partial charge in [-0.3, -0.25) is 0 Å². The van der Waals surface area contributed by atoms with E-state index in [1.54, 1.807) is 0 Å². The lowest BCUT2D eigenvalue weighted by molar-refractivity contribution is 0.290. The van der Waals surface area contributed by atoms with Crippen molar-refractivity contribution in [3.05, 3.63) is 29.8 Å². The summed E-state index contributed by atoms with van der Waals surface area (Å²) < 4.78 is 0. The monoisotopic (exact) mass is 266 g/mol. The van der Waals surface area contributed by atoms with Gasteiger partial charge in [0.2, 0.25) is 0 Å². The van der Waals surface area contributed by atoms with Crippen LogP contribution in [0.1, 0.15) is 32.4 Å². The Labute approximate surface area is 116 Å². The van der Waals surface area contributed by atoms with Crippen molar-refractivity contribution in [2.75, 3.05) is 27.2 Å². The molecule has 1 rings (SSSR count). The molecule has 0 saturated heterocycles. The van der Waals surface area contributed by atoms with Crippen molar-refractivity contribution in [3.8, 4) is 0 Å². The fourth-order valence-corrected chi connectivity index (χ4v) is 2.76. The second kappa shape index (κ2) is 7.82. The number of hydrogen-bond acceptors (Lipinski definition) is 3. The Kier molecular flexibility index (Phi) is 6.76. The number of thioether (sulfide) groups is 1. The van der Waals surface area contributed by atoms with Crippen molar-refractivity contribution in [3.63, 3.8) is 0 Å². The van der Waals surface area contributed by atoms with Gasteiger partial charge in [-0.15, -0.1) is 11.8 Å². The maximum atomic E-state index is 3.43. The number of nitrogens with one attached hydrogen (secondary N) is 1. The number of hydrogen-bond donors (Lipinski definition) is 1. The van der Waals surface area contributed by atoms with Crippen LogP contribution >= 0.6 is 11.8 Å². The molecule has 1 atom stereocenters. The van der Waals surface area contributed by atoms with E-state index in [4.69, 9.17) is 0 Å². The molecular formula is C15H26N2S. The molecule has 102 valence electrons. The normalized spacial score (nSPS) is 13.3. The maximum absolute atomic E-state index is 3.43. The first-order chi connectivity index (χ1) is 8.54. The average Bonchev–Trinajstić information content (AvgIpc) is 2.30. The highest BCUT2D eigenvalue weighted by Gasteiger charge is 2.13. The first kappa shape index (κ1) is 15.5. The second-order valence-corrected chi connectivity index (χ2v) is 6.67. The first-order valence-electron chi connectivity index (χ1n) is 6.68. The predicted molar refractivity (Wildman–Crippen MR) is 82.4 cm³/mol. The summed E-state index contributed by atoms with van der Waals surface area (Å²) in [6, 6.07) is 9.44. The second-order valence-electron chi connectivity index (χ2n) is 5.02. The Morgan fingerprint density at radius 2 is 1.78 bits per heavy atom. The van der Waals surface area contributed by atoms with Gasteiger partial charge in [-0.05, 0) is 38.3 Å². The minimum atomic E-state index is 0.447. The van der Waals surface area contributed by atoms with Crippen LogP contribution in [-0.4, -0.2) is 37.3 Å². The van der Waals surface area contributed by atoms with E-state index in [1.807, 2.05) is 11.8 Å². The molecule has 0 fully saturated rings. The summed E-state index contributed by atoms with van der Waals surface area (Å²) in [5.74, 6) is 0. The van der Waals surface area contributed by atoms with E-state index in [0.717, 1.165) is 13.1 Å². The van der Waals surface area contributed by atoms with Gasteiger partial charge in [-0.25, -0.2) is 0 Å². The minimum Gasteiger partial charge on any atom is -0.315 e. The van der Waals surface area contributed by atoms with Crippen LogP contribution in [0.25, 0.3) is 0 Å². The molecule has 1 aromatic rings. The third-order valence-electron chi connectivity index (χ3n) is 2.85. The van der Waals surface area contributed by atoms with E-state index in [9.17, 15) is 0 Å². The van der Waals surface area contributed by atoms with Gasteiger partial charge < -0.3 is 10.2 Å². The van der Waals surface area contributed by atoms with Crippen molar-refractivity contribution >= 4 is 11.8 Å². The van der Waals surface area contributed by atoms with Gasteiger partial charge in [0, 0.05) is 22.7 Å². The zero-order chi connectivity index (χ0) is 13.5. The highest BCUT2D eigenvalue weighted by atomic mass is 32.2. The molecular weight excluding hydrogens is 240 g/mol. The molecule has 0 spiro atoms. The third kappa shape index (κ3) is 5.01. The van der Waals surface area contributed by atoms with Crippen LogP contribution in [-0.2, 0) is 0 Å². The Bertz CT molecular complexity index is 333. The summed E-state index contributed by atoms with van der Waals surface area (Å²) in [6.45, 7) is 8.62. The number of likely N-dealkylation sites (N-methyl/N-ethyl adjacent to an activating group) is 2. The lowest BCUT2D eigenvalue weighted by atomic mass is 10.1. The quantitative estimate of drug-likeness (QED) is 0.762. The topological polar surface area (TPSA) is 15.3 Å². The van der Waals surface area contributed by atoms with Crippen molar-refractivity contribution < 1.29 is 0 Å². The van der Waals surface area contributed by atoms with Crippen LogP contribution in [0.4, 0.5) is 0 Å². The van der Waals surface area contributed by atoms with Gasteiger partial charge in [0.1, 0.15) is 0 Å². The van der Waals surface area contributed by atoms with Crippen molar-refractivity contribution in [2.45, 2.75) is 37.0 Å². The zero-order valence-electron chi connectivity index (χ0n) is 12.2. The molecule has 0 bridgehead atoms. The van der Waals surface area contributed by atoms with E-state index in [0.29, 0.717) is 11.3 Å². The Hall–Kier alpha value is -0.510. The Morgan fingerprint density at radius 1 is 1.17 bits per heavy atom. The SMILES string of the molecule is CCNCC(c1ccc(SC(C)C)cc1)N(C)C. The molecule has 0 aliphatic rings. The average molecular weight is 266 g/mol. The molecule has 0 saturated carbocycles. The van der Waals surface area contributed by atoms with E-state index < -0.39 is 0 Å². The molecule has 0 heterocycles. The summed E-state index contributed by atoms with van der Waals surface area (Å²) in [7, 11) is 4.28. The largest absolute Gasteiger partial charge is 0.315 e. The lowest BCUT2D eigenvalue weighted by Crippen LogP contribution is -2.30. The molecule has 0 amide bonds. The summed E-state index contributed by atoms with van der Waals surface area (Å²) >= 11 is 1.92. The highest BCUT2D eigenvalue weighted by molar-refractivity contribution is 7.99. The number of benzene rings is 1. The highest BCUT2D eigenvalue weighted by Crippen LogP contribution is 2.25. The van der Waals surface area contributed by atoms with Gasteiger partial charge in [0.15, 0.2) is 0 Å². The van der Waals surface area contributed by atoms with Crippen LogP contribution in [0.2, 0.25) is 0 Å². The summed E-state index contributed by atoms with van der Waals surface area (Å²) in [5, 5.41) is 4.07. The van der Waals surface area contributed by atoms with E-state index in [2.05, 4.69) is 69.3 Å². The Balaban J connectivity index is 2.73. The molecule has 1 N–H and O–H groups in total. The van der Waals surface area contributed by atoms with Crippen molar-refractivity contribution in [1.29, 1.82) is 0 Å². The molecule has 0 aliphatic carbocycles. The molecule has 1 aromatic carbocycles. The third-order valence-corrected chi connectivity index (χ3v) is 3.86.